The first-order valence-electron chi connectivity index (χ1n) is 9.22. The van der Waals surface area contributed by atoms with Crippen LogP contribution in [-0.2, 0) is 32.0 Å². The number of esters is 1. The molecule has 2 N–H and O–H groups in total. The summed E-state index contributed by atoms with van der Waals surface area (Å²) in [5, 5.41) is 16.0. The number of non-ortho nitro benzene ring substituents is 1. The van der Waals surface area contributed by atoms with E-state index in [2.05, 4.69) is 10.6 Å². The van der Waals surface area contributed by atoms with Crippen LogP contribution in [-0.4, -0.2) is 41.9 Å². The molecule has 0 aliphatic carbocycles. The summed E-state index contributed by atoms with van der Waals surface area (Å²) in [5.74, 6) is -1.58. The highest BCUT2D eigenvalue weighted by molar-refractivity contribution is 5.90. The number of rotatable bonds is 9. The molecule has 0 unspecified atom stereocenters. The lowest BCUT2D eigenvalue weighted by molar-refractivity contribution is -0.384. The minimum Gasteiger partial charge on any atom is -0.467 e. The summed E-state index contributed by atoms with van der Waals surface area (Å²) in [6.45, 7) is 1.31. The Balaban J connectivity index is 2.15. The van der Waals surface area contributed by atoms with Crippen LogP contribution in [0.15, 0.2) is 54.6 Å². The molecule has 0 aliphatic heterocycles. The molecule has 2 amide bonds. The molecule has 2 atom stereocenters. The Hall–Kier alpha value is -3.75. The molecule has 9 heteroatoms. The van der Waals surface area contributed by atoms with Crippen molar-refractivity contribution in [3.8, 4) is 0 Å². The zero-order valence-corrected chi connectivity index (χ0v) is 16.7. The molecule has 0 radical (unpaired) electrons. The summed E-state index contributed by atoms with van der Waals surface area (Å²) in [4.78, 5) is 46.9. The predicted molar refractivity (Wildman–Crippen MR) is 108 cm³/mol. The van der Waals surface area contributed by atoms with E-state index in [1.807, 2.05) is 30.3 Å². The molecule has 0 saturated heterocycles. The first kappa shape index (κ1) is 22.5. The number of hydrogen-bond acceptors (Lipinski definition) is 6. The number of carbonyl (C=O) groups excluding carboxylic acids is 3. The molecule has 2 rings (SSSR count). The molecule has 2 aromatic carbocycles. The van der Waals surface area contributed by atoms with Gasteiger partial charge in [-0.05, 0) is 11.1 Å². The van der Waals surface area contributed by atoms with Gasteiger partial charge in [-0.1, -0.05) is 42.5 Å². The number of nitro benzene ring substituents is 1. The number of carbonyl (C=O) groups is 3. The third kappa shape index (κ3) is 6.69. The Morgan fingerprint density at radius 3 is 2.03 bits per heavy atom. The molecule has 0 heterocycles. The quantitative estimate of drug-likeness (QED) is 0.365. The number of ether oxygens (including phenoxy) is 1. The molecule has 2 aromatic rings. The maximum atomic E-state index is 12.8. The van der Waals surface area contributed by atoms with Crippen molar-refractivity contribution >= 4 is 23.5 Å². The summed E-state index contributed by atoms with van der Waals surface area (Å²) in [7, 11) is 1.20. The standard InChI is InChI=1S/C21H23N3O6/c1-14(25)22-18(12-15-6-4-3-5-7-15)20(26)23-19(21(27)30-2)13-16-8-10-17(11-9-16)24(28)29/h3-11,18-19H,12-13H2,1-2H3,(H,22,25)(H,23,26)/t18-,19+/m1/s1. The molecule has 0 saturated carbocycles. The van der Waals surface area contributed by atoms with Gasteiger partial charge >= 0.3 is 5.97 Å². The number of benzene rings is 2. The third-order valence-corrected chi connectivity index (χ3v) is 4.37. The van der Waals surface area contributed by atoms with Gasteiger partial charge < -0.3 is 15.4 Å². The van der Waals surface area contributed by atoms with Crippen molar-refractivity contribution in [1.29, 1.82) is 0 Å². The van der Waals surface area contributed by atoms with Crippen LogP contribution < -0.4 is 10.6 Å². The van der Waals surface area contributed by atoms with E-state index < -0.39 is 28.9 Å². The number of nitrogens with one attached hydrogen (secondary N) is 2. The van der Waals surface area contributed by atoms with Crippen LogP contribution in [0.4, 0.5) is 5.69 Å². The van der Waals surface area contributed by atoms with Crippen LogP contribution in [0.1, 0.15) is 18.1 Å². The maximum absolute atomic E-state index is 12.8. The molecule has 30 heavy (non-hydrogen) atoms. The Kier molecular flexibility index (Phi) is 8.04. The van der Waals surface area contributed by atoms with Crippen LogP contribution in [0, 0.1) is 10.1 Å². The van der Waals surface area contributed by atoms with Crippen molar-refractivity contribution < 1.29 is 24.0 Å². The first-order chi connectivity index (χ1) is 14.3. The van der Waals surface area contributed by atoms with Gasteiger partial charge in [0.1, 0.15) is 12.1 Å². The van der Waals surface area contributed by atoms with Gasteiger partial charge in [0.2, 0.25) is 11.8 Å². The van der Waals surface area contributed by atoms with Crippen molar-refractivity contribution in [2.45, 2.75) is 31.8 Å². The summed E-state index contributed by atoms with van der Waals surface area (Å²) >= 11 is 0. The molecular formula is C21H23N3O6. The molecule has 9 nitrogen and oxygen atoms in total. The predicted octanol–water partition coefficient (Wildman–Crippen LogP) is 1.54. The van der Waals surface area contributed by atoms with E-state index in [1.165, 1.54) is 38.3 Å². The largest absolute Gasteiger partial charge is 0.467 e. The van der Waals surface area contributed by atoms with Crippen LogP contribution in [0.3, 0.4) is 0 Å². The normalized spacial score (nSPS) is 12.3. The minimum atomic E-state index is -1.02. The Morgan fingerprint density at radius 1 is 0.933 bits per heavy atom. The van der Waals surface area contributed by atoms with Gasteiger partial charge in [-0.2, -0.15) is 0 Å². The van der Waals surface area contributed by atoms with Crippen molar-refractivity contribution in [2.75, 3.05) is 7.11 Å². The SMILES string of the molecule is COC(=O)[C@H](Cc1ccc([N+](=O)[O-])cc1)NC(=O)[C@@H](Cc1ccccc1)NC(C)=O. The lowest BCUT2D eigenvalue weighted by atomic mass is 10.0. The average molecular weight is 413 g/mol. The number of amides is 2. The van der Waals surface area contributed by atoms with Crippen LogP contribution in [0.2, 0.25) is 0 Å². The Bertz CT molecular complexity index is 899. The van der Waals surface area contributed by atoms with Crippen molar-refractivity contribution in [3.63, 3.8) is 0 Å². The zero-order chi connectivity index (χ0) is 22.1. The molecule has 0 spiro atoms. The van der Waals surface area contributed by atoms with E-state index in [1.54, 1.807) is 0 Å². The second-order valence-electron chi connectivity index (χ2n) is 6.65. The summed E-state index contributed by atoms with van der Waals surface area (Å²) in [6, 6.07) is 12.9. The van der Waals surface area contributed by atoms with E-state index >= 15 is 0 Å². The van der Waals surface area contributed by atoms with Gasteiger partial charge in [0.05, 0.1) is 12.0 Å². The lowest BCUT2D eigenvalue weighted by Crippen LogP contribution is -2.53. The smallest absolute Gasteiger partial charge is 0.328 e. The highest BCUT2D eigenvalue weighted by atomic mass is 16.6. The molecule has 0 aromatic heterocycles. The molecule has 0 bridgehead atoms. The fourth-order valence-electron chi connectivity index (χ4n) is 2.90. The molecular weight excluding hydrogens is 390 g/mol. The van der Waals surface area contributed by atoms with Gasteiger partial charge in [0, 0.05) is 31.9 Å². The second kappa shape index (κ2) is 10.7. The highest BCUT2D eigenvalue weighted by Gasteiger charge is 2.27. The Morgan fingerprint density at radius 2 is 1.50 bits per heavy atom. The van der Waals surface area contributed by atoms with E-state index in [-0.39, 0.29) is 24.4 Å². The minimum absolute atomic E-state index is 0.0778. The van der Waals surface area contributed by atoms with Gasteiger partial charge in [0.25, 0.3) is 5.69 Å². The van der Waals surface area contributed by atoms with E-state index in [9.17, 15) is 24.5 Å². The number of nitro groups is 1. The average Bonchev–Trinajstić information content (AvgIpc) is 2.73. The van der Waals surface area contributed by atoms with E-state index in [4.69, 9.17) is 4.74 Å². The number of nitrogens with zero attached hydrogens (tertiary/aromatic N) is 1. The van der Waals surface area contributed by atoms with Gasteiger partial charge in [0.15, 0.2) is 0 Å². The number of hydrogen-bond donors (Lipinski definition) is 2. The van der Waals surface area contributed by atoms with Crippen molar-refractivity contribution in [3.05, 3.63) is 75.8 Å². The summed E-state index contributed by atoms with van der Waals surface area (Å²) < 4.78 is 4.78. The Labute approximate surface area is 173 Å². The second-order valence-corrected chi connectivity index (χ2v) is 6.65. The topological polar surface area (TPSA) is 128 Å². The summed E-state index contributed by atoms with van der Waals surface area (Å²) in [6.07, 6.45) is 0.326. The van der Waals surface area contributed by atoms with E-state index in [0.717, 1.165) is 5.56 Å². The molecule has 0 fully saturated rings. The maximum Gasteiger partial charge on any atom is 0.328 e. The number of methoxy groups -OCH3 is 1. The van der Waals surface area contributed by atoms with E-state index in [0.29, 0.717) is 5.56 Å². The zero-order valence-electron chi connectivity index (χ0n) is 16.7. The highest BCUT2D eigenvalue weighted by Crippen LogP contribution is 2.14. The van der Waals surface area contributed by atoms with Crippen LogP contribution >= 0.6 is 0 Å². The monoisotopic (exact) mass is 413 g/mol. The first-order valence-corrected chi connectivity index (χ1v) is 9.22. The lowest BCUT2D eigenvalue weighted by Gasteiger charge is -2.22. The van der Waals surface area contributed by atoms with Crippen molar-refractivity contribution in [2.24, 2.45) is 0 Å². The third-order valence-electron chi connectivity index (χ3n) is 4.37. The van der Waals surface area contributed by atoms with Crippen LogP contribution in [0.25, 0.3) is 0 Å². The van der Waals surface area contributed by atoms with Gasteiger partial charge in [-0.3, -0.25) is 19.7 Å². The van der Waals surface area contributed by atoms with Crippen molar-refractivity contribution in [1.82, 2.24) is 10.6 Å². The molecule has 158 valence electrons. The molecule has 0 aliphatic rings. The van der Waals surface area contributed by atoms with Gasteiger partial charge in [-0.15, -0.1) is 0 Å². The van der Waals surface area contributed by atoms with Crippen LogP contribution in [0.5, 0.6) is 0 Å². The fraction of sp³-hybridized carbons (Fsp3) is 0.286. The fourth-order valence-corrected chi connectivity index (χ4v) is 2.90. The van der Waals surface area contributed by atoms with Gasteiger partial charge in [-0.25, -0.2) is 4.79 Å². The summed E-state index contributed by atoms with van der Waals surface area (Å²) in [5.41, 5.74) is 1.37.